The number of anilines is 1. The third-order valence-corrected chi connectivity index (χ3v) is 3.20. The summed E-state index contributed by atoms with van der Waals surface area (Å²) in [7, 11) is 0. The minimum Gasteiger partial charge on any atom is -0.465 e. The van der Waals surface area contributed by atoms with E-state index in [9.17, 15) is 0 Å². The molecule has 2 aromatic carbocycles. The molecule has 3 heteroatoms. The third kappa shape index (κ3) is 3.20. The lowest BCUT2D eigenvalue weighted by Gasteiger charge is -2.19. The van der Waals surface area contributed by atoms with Crippen LogP contribution in [0.5, 0.6) is 5.88 Å². The number of nitrogens with zero attached hydrogens (tertiary/aromatic N) is 1. The number of benzene rings is 2. The quantitative estimate of drug-likeness (QED) is 0.787. The number of pyridine rings is 1. The van der Waals surface area contributed by atoms with Crippen molar-refractivity contribution in [2.75, 3.05) is 5.73 Å². The number of rotatable bonds is 4. The second kappa shape index (κ2) is 6.09. The molecule has 0 saturated carbocycles. The van der Waals surface area contributed by atoms with Crippen molar-refractivity contribution in [1.82, 2.24) is 4.98 Å². The summed E-state index contributed by atoms with van der Waals surface area (Å²) in [5.74, 6) is 0.557. The Morgan fingerprint density at radius 1 is 0.762 bits per heavy atom. The third-order valence-electron chi connectivity index (χ3n) is 3.20. The summed E-state index contributed by atoms with van der Waals surface area (Å²) in [6, 6.07) is 23.8. The van der Waals surface area contributed by atoms with E-state index in [4.69, 9.17) is 10.5 Å². The van der Waals surface area contributed by atoms with Crippen LogP contribution in [0.1, 0.15) is 17.2 Å². The average Bonchev–Trinajstić information content (AvgIpc) is 2.56. The number of nitrogen functional groups attached to an aromatic ring is 1. The maximum absolute atomic E-state index is 6.07. The van der Waals surface area contributed by atoms with Crippen molar-refractivity contribution in [2.45, 2.75) is 6.10 Å². The van der Waals surface area contributed by atoms with Gasteiger partial charge in [-0.15, -0.1) is 0 Å². The van der Waals surface area contributed by atoms with Crippen LogP contribution in [0, 0.1) is 0 Å². The first-order chi connectivity index (χ1) is 10.3. The van der Waals surface area contributed by atoms with Gasteiger partial charge in [-0.05, 0) is 17.2 Å². The molecule has 0 fully saturated rings. The first-order valence-electron chi connectivity index (χ1n) is 6.81. The number of hydrogen-bond donors (Lipinski definition) is 1. The Labute approximate surface area is 124 Å². The normalized spacial score (nSPS) is 10.5. The lowest BCUT2D eigenvalue weighted by molar-refractivity contribution is 0.237. The van der Waals surface area contributed by atoms with Crippen LogP contribution in [0.4, 0.5) is 5.69 Å². The van der Waals surface area contributed by atoms with Crippen LogP contribution in [-0.2, 0) is 0 Å². The van der Waals surface area contributed by atoms with Gasteiger partial charge in [-0.3, -0.25) is 0 Å². The van der Waals surface area contributed by atoms with Gasteiger partial charge in [0, 0.05) is 6.07 Å². The highest BCUT2D eigenvalue weighted by atomic mass is 16.5. The predicted octanol–water partition coefficient (Wildman–Crippen LogP) is 3.83. The SMILES string of the molecule is Nc1ccc(OC(c2ccccc2)c2ccccc2)nc1. The predicted molar refractivity (Wildman–Crippen MR) is 84.0 cm³/mol. The molecule has 3 aromatic rings. The van der Waals surface area contributed by atoms with Gasteiger partial charge in [-0.25, -0.2) is 4.98 Å². The van der Waals surface area contributed by atoms with Crippen LogP contribution >= 0.6 is 0 Å². The molecule has 0 aliphatic rings. The fourth-order valence-electron chi connectivity index (χ4n) is 2.17. The molecular weight excluding hydrogens is 260 g/mol. The molecule has 0 aliphatic heterocycles. The minimum atomic E-state index is -0.191. The number of nitrogens with two attached hydrogens (primary N) is 1. The van der Waals surface area contributed by atoms with Crippen molar-refractivity contribution in [2.24, 2.45) is 0 Å². The topological polar surface area (TPSA) is 48.1 Å². The molecule has 21 heavy (non-hydrogen) atoms. The zero-order valence-corrected chi connectivity index (χ0v) is 11.5. The van der Waals surface area contributed by atoms with Crippen LogP contribution in [0.25, 0.3) is 0 Å². The molecular formula is C18H16N2O. The highest BCUT2D eigenvalue weighted by Crippen LogP contribution is 2.27. The lowest BCUT2D eigenvalue weighted by atomic mass is 10.0. The molecule has 0 radical (unpaired) electrons. The van der Waals surface area contributed by atoms with E-state index in [1.54, 1.807) is 18.3 Å². The van der Waals surface area contributed by atoms with Crippen LogP contribution < -0.4 is 10.5 Å². The molecule has 0 spiro atoms. The number of aromatic nitrogens is 1. The summed E-state index contributed by atoms with van der Waals surface area (Å²) >= 11 is 0. The Morgan fingerprint density at radius 2 is 1.33 bits per heavy atom. The highest BCUT2D eigenvalue weighted by molar-refractivity contribution is 5.37. The van der Waals surface area contributed by atoms with Crippen LogP contribution in [0.3, 0.4) is 0 Å². The number of ether oxygens (including phenoxy) is 1. The summed E-state index contributed by atoms with van der Waals surface area (Å²) in [5.41, 5.74) is 8.46. The minimum absolute atomic E-state index is 0.191. The molecule has 0 saturated heterocycles. The fraction of sp³-hybridized carbons (Fsp3) is 0.0556. The smallest absolute Gasteiger partial charge is 0.214 e. The molecule has 104 valence electrons. The van der Waals surface area contributed by atoms with Crippen LogP contribution in [0.15, 0.2) is 79.0 Å². The van der Waals surface area contributed by atoms with E-state index in [1.807, 2.05) is 36.4 Å². The largest absolute Gasteiger partial charge is 0.465 e. The fourth-order valence-corrected chi connectivity index (χ4v) is 2.17. The molecule has 0 aliphatic carbocycles. The van der Waals surface area contributed by atoms with Crippen molar-refractivity contribution in [3.8, 4) is 5.88 Å². The van der Waals surface area contributed by atoms with E-state index in [0.29, 0.717) is 11.6 Å². The Kier molecular flexibility index (Phi) is 3.83. The molecule has 1 aromatic heterocycles. The van der Waals surface area contributed by atoms with Gasteiger partial charge in [0.25, 0.3) is 0 Å². The highest BCUT2D eigenvalue weighted by Gasteiger charge is 2.16. The zero-order valence-electron chi connectivity index (χ0n) is 11.5. The molecule has 1 heterocycles. The molecule has 3 nitrogen and oxygen atoms in total. The molecule has 0 bridgehead atoms. The van der Waals surface area contributed by atoms with Crippen molar-refractivity contribution in [3.63, 3.8) is 0 Å². The standard InChI is InChI=1S/C18H16N2O/c19-16-11-12-17(20-13-16)21-18(14-7-3-1-4-8-14)15-9-5-2-6-10-15/h1-13,18H,19H2. The van der Waals surface area contributed by atoms with Gasteiger partial charge in [0.2, 0.25) is 5.88 Å². The molecule has 0 amide bonds. The van der Waals surface area contributed by atoms with Gasteiger partial charge >= 0.3 is 0 Å². The van der Waals surface area contributed by atoms with Gasteiger partial charge in [0.15, 0.2) is 6.10 Å². The van der Waals surface area contributed by atoms with Gasteiger partial charge in [0.05, 0.1) is 11.9 Å². The van der Waals surface area contributed by atoms with Gasteiger partial charge in [0.1, 0.15) is 0 Å². The van der Waals surface area contributed by atoms with E-state index < -0.39 is 0 Å². The van der Waals surface area contributed by atoms with Gasteiger partial charge in [-0.1, -0.05) is 60.7 Å². The maximum Gasteiger partial charge on any atom is 0.214 e. The van der Waals surface area contributed by atoms with Gasteiger partial charge < -0.3 is 10.5 Å². The van der Waals surface area contributed by atoms with Crippen molar-refractivity contribution < 1.29 is 4.74 Å². The van der Waals surface area contributed by atoms with E-state index in [-0.39, 0.29) is 6.10 Å². The summed E-state index contributed by atoms with van der Waals surface area (Å²) in [5, 5.41) is 0. The molecule has 0 atom stereocenters. The summed E-state index contributed by atoms with van der Waals surface area (Å²) in [6.45, 7) is 0. The van der Waals surface area contributed by atoms with E-state index >= 15 is 0 Å². The lowest BCUT2D eigenvalue weighted by Crippen LogP contribution is -2.10. The zero-order chi connectivity index (χ0) is 14.5. The first kappa shape index (κ1) is 13.2. The van der Waals surface area contributed by atoms with E-state index in [0.717, 1.165) is 11.1 Å². The van der Waals surface area contributed by atoms with E-state index in [1.165, 1.54) is 0 Å². The Bertz CT molecular complexity index is 642. The maximum atomic E-state index is 6.07. The molecule has 0 unspecified atom stereocenters. The Balaban J connectivity index is 1.95. The molecule has 2 N–H and O–H groups in total. The van der Waals surface area contributed by atoms with Gasteiger partial charge in [-0.2, -0.15) is 0 Å². The summed E-state index contributed by atoms with van der Waals surface area (Å²) in [4.78, 5) is 4.22. The first-order valence-corrected chi connectivity index (χ1v) is 6.81. The second-order valence-corrected chi connectivity index (χ2v) is 4.75. The van der Waals surface area contributed by atoms with Crippen LogP contribution in [-0.4, -0.2) is 4.98 Å². The Hall–Kier alpha value is -2.81. The summed E-state index contributed by atoms with van der Waals surface area (Å²) < 4.78 is 6.07. The monoisotopic (exact) mass is 276 g/mol. The summed E-state index contributed by atoms with van der Waals surface area (Å²) in [6.07, 6.45) is 1.41. The van der Waals surface area contributed by atoms with Crippen LogP contribution in [0.2, 0.25) is 0 Å². The Morgan fingerprint density at radius 3 is 1.81 bits per heavy atom. The van der Waals surface area contributed by atoms with E-state index in [2.05, 4.69) is 29.2 Å². The average molecular weight is 276 g/mol. The van der Waals surface area contributed by atoms with Crippen molar-refractivity contribution in [1.29, 1.82) is 0 Å². The van der Waals surface area contributed by atoms with Crippen molar-refractivity contribution >= 4 is 5.69 Å². The number of hydrogen-bond acceptors (Lipinski definition) is 3. The molecule has 3 rings (SSSR count). The second-order valence-electron chi connectivity index (χ2n) is 4.75. The van der Waals surface area contributed by atoms with Crippen molar-refractivity contribution in [3.05, 3.63) is 90.1 Å².